The molecule has 1 atom stereocenters. The van der Waals surface area contributed by atoms with Gasteiger partial charge in [-0.1, -0.05) is 12.1 Å². The van der Waals surface area contributed by atoms with Gasteiger partial charge >= 0.3 is 5.97 Å². The normalized spacial score (nSPS) is 17.5. The number of aliphatic carboxylic acids is 1. The minimum Gasteiger partial charge on any atom is -0.480 e. The molecule has 1 fully saturated rings. The van der Waals surface area contributed by atoms with Crippen molar-refractivity contribution < 1.29 is 24.2 Å². The molecule has 7 nitrogen and oxygen atoms in total. The number of carbonyl (C=O) groups excluding carboxylic acids is 2. The molecule has 0 bridgehead atoms. The second-order valence-corrected chi connectivity index (χ2v) is 5.43. The highest BCUT2D eigenvalue weighted by atomic mass is 16.5. The molecule has 0 radical (unpaired) electrons. The number of morpholine rings is 1. The van der Waals surface area contributed by atoms with Crippen LogP contribution < -0.4 is 0 Å². The zero-order valence-corrected chi connectivity index (χ0v) is 12.8. The van der Waals surface area contributed by atoms with Crippen molar-refractivity contribution in [3.8, 4) is 0 Å². The van der Waals surface area contributed by atoms with E-state index in [4.69, 9.17) is 4.74 Å². The maximum absolute atomic E-state index is 12.5. The number of hydrogen-bond acceptors (Lipinski definition) is 4. The Kier molecular flexibility index (Phi) is 4.43. The molecule has 1 aliphatic rings. The fourth-order valence-electron chi connectivity index (χ4n) is 2.61. The summed E-state index contributed by atoms with van der Waals surface area (Å²) in [6, 6.07) is 6.89. The van der Waals surface area contributed by atoms with Gasteiger partial charge in [-0.2, -0.15) is 0 Å². The number of H-pyrrole nitrogens is 1. The number of carbonyl (C=O) groups is 3. The van der Waals surface area contributed by atoms with Gasteiger partial charge in [0.25, 0.3) is 5.91 Å². The number of carboxylic acid groups (broad SMARTS) is 1. The number of ketones is 1. The maximum atomic E-state index is 12.5. The van der Waals surface area contributed by atoms with E-state index in [9.17, 15) is 19.5 Å². The van der Waals surface area contributed by atoms with Gasteiger partial charge in [0.05, 0.1) is 13.2 Å². The summed E-state index contributed by atoms with van der Waals surface area (Å²) in [7, 11) is 0. The van der Waals surface area contributed by atoms with E-state index in [0.717, 1.165) is 0 Å². The third kappa shape index (κ3) is 3.07. The number of aromatic nitrogens is 1. The second-order valence-electron chi connectivity index (χ2n) is 5.43. The molecule has 0 spiro atoms. The van der Waals surface area contributed by atoms with Gasteiger partial charge in [-0.15, -0.1) is 0 Å². The van der Waals surface area contributed by atoms with E-state index in [1.165, 1.54) is 17.0 Å². The lowest BCUT2D eigenvalue weighted by atomic mass is 10.0. The van der Waals surface area contributed by atoms with E-state index >= 15 is 0 Å². The Morgan fingerprint density at radius 2 is 1.79 bits per heavy atom. The van der Waals surface area contributed by atoms with E-state index in [2.05, 4.69) is 4.98 Å². The smallest absolute Gasteiger partial charge is 0.328 e. The molecule has 2 N–H and O–H groups in total. The average Bonchev–Trinajstić information content (AvgIpc) is 3.15. The van der Waals surface area contributed by atoms with Crippen LogP contribution in [0.15, 0.2) is 42.7 Å². The van der Waals surface area contributed by atoms with Crippen molar-refractivity contribution in [3.05, 3.63) is 59.4 Å². The number of nitrogens with one attached hydrogen (secondary N) is 1. The largest absolute Gasteiger partial charge is 0.480 e. The number of amides is 1. The SMILES string of the molecule is O=C(c1ccc(C(=O)N2CCOCC2C(=O)O)cc1)c1cc[nH]c1. The highest BCUT2D eigenvalue weighted by molar-refractivity contribution is 6.09. The summed E-state index contributed by atoms with van der Waals surface area (Å²) < 4.78 is 5.13. The van der Waals surface area contributed by atoms with Crippen molar-refractivity contribution in [3.63, 3.8) is 0 Å². The van der Waals surface area contributed by atoms with Crippen molar-refractivity contribution in [2.75, 3.05) is 19.8 Å². The third-order valence-electron chi connectivity index (χ3n) is 3.93. The highest BCUT2D eigenvalue weighted by Crippen LogP contribution is 2.15. The molecule has 1 aromatic carbocycles. The second kappa shape index (κ2) is 6.67. The lowest BCUT2D eigenvalue weighted by Gasteiger charge is -2.32. The van der Waals surface area contributed by atoms with E-state index in [0.29, 0.717) is 23.3 Å². The number of benzene rings is 1. The Balaban J connectivity index is 1.78. The molecule has 1 unspecified atom stereocenters. The summed E-state index contributed by atoms with van der Waals surface area (Å²) in [5.74, 6) is -1.63. The van der Waals surface area contributed by atoms with Crippen molar-refractivity contribution in [2.45, 2.75) is 6.04 Å². The Morgan fingerprint density at radius 3 is 2.42 bits per heavy atom. The van der Waals surface area contributed by atoms with Crippen LogP contribution >= 0.6 is 0 Å². The number of carboxylic acids is 1. The van der Waals surface area contributed by atoms with Crippen molar-refractivity contribution in [2.24, 2.45) is 0 Å². The van der Waals surface area contributed by atoms with Gasteiger partial charge in [-0.25, -0.2) is 4.79 Å². The van der Waals surface area contributed by atoms with Crippen LogP contribution in [0.25, 0.3) is 0 Å². The molecule has 1 aliphatic heterocycles. The summed E-state index contributed by atoms with van der Waals surface area (Å²) in [6.07, 6.45) is 3.27. The van der Waals surface area contributed by atoms with Gasteiger partial charge in [0, 0.05) is 35.6 Å². The first kappa shape index (κ1) is 15.9. The summed E-state index contributed by atoms with van der Waals surface area (Å²) in [4.78, 5) is 40.1. The van der Waals surface area contributed by atoms with Gasteiger partial charge in [0.2, 0.25) is 0 Å². The quantitative estimate of drug-likeness (QED) is 0.821. The van der Waals surface area contributed by atoms with Gasteiger partial charge in [0.15, 0.2) is 11.8 Å². The molecule has 2 aromatic rings. The van der Waals surface area contributed by atoms with E-state index in [-0.39, 0.29) is 24.8 Å². The fourth-order valence-corrected chi connectivity index (χ4v) is 2.61. The van der Waals surface area contributed by atoms with E-state index < -0.39 is 12.0 Å². The monoisotopic (exact) mass is 328 g/mol. The van der Waals surface area contributed by atoms with Gasteiger partial charge < -0.3 is 19.7 Å². The highest BCUT2D eigenvalue weighted by Gasteiger charge is 2.33. The Morgan fingerprint density at radius 1 is 1.08 bits per heavy atom. The standard InChI is InChI=1S/C17H16N2O5/c20-15(13-5-6-18-9-13)11-1-3-12(4-2-11)16(21)19-7-8-24-10-14(19)17(22)23/h1-6,9,14,18H,7-8,10H2,(H,22,23). The predicted octanol–water partition coefficient (Wildman–Crippen LogP) is 1.17. The molecular formula is C17H16N2O5. The number of nitrogens with zero attached hydrogens (tertiary/aromatic N) is 1. The number of aromatic amines is 1. The van der Waals surface area contributed by atoms with Gasteiger partial charge in [-0.3, -0.25) is 9.59 Å². The molecule has 124 valence electrons. The van der Waals surface area contributed by atoms with E-state index in [1.54, 1.807) is 30.6 Å². The zero-order chi connectivity index (χ0) is 17.1. The molecular weight excluding hydrogens is 312 g/mol. The van der Waals surface area contributed by atoms with Crippen LogP contribution in [0, 0.1) is 0 Å². The lowest BCUT2D eigenvalue weighted by molar-refractivity contribution is -0.147. The first-order valence-electron chi connectivity index (χ1n) is 7.47. The van der Waals surface area contributed by atoms with E-state index in [1.807, 2.05) is 0 Å². The lowest BCUT2D eigenvalue weighted by Crippen LogP contribution is -2.52. The molecule has 1 amide bonds. The Bertz CT molecular complexity index is 752. The Hall–Kier alpha value is -2.93. The fraction of sp³-hybridized carbons (Fsp3) is 0.235. The van der Waals surface area contributed by atoms with Crippen molar-refractivity contribution in [1.82, 2.24) is 9.88 Å². The van der Waals surface area contributed by atoms with Crippen LogP contribution in [-0.2, 0) is 9.53 Å². The number of rotatable bonds is 4. The van der Waals surface area contributed by atoms with Crippen LogP contribution in [0.5, 0.6) is 0 Å². The summed E-state index contributed by atoms with van der Waals surface area (Å²) in [5, 5.41) is 9.21. The molecule has 0 aliphatic carbocycles. The van der Waals surface area contributed by atoms with Crippen molar-refractivity contribution >= 4 is 17.7 Å². The predicted molar refractivity (Wildman–Crippen MR) is 83.9 cm³/mol. The number of ether oxygens (including phenoxy) is 1. The maximum Gasteiger partial charge on any atom is 0.328 e. The molecule has 2 heterocycles. The minimum atomic E-state index is -1.10. The average molecular weight is 328 g/mol. The van der Waals surface area contributed by atoms with Crippen LogP contribution in [0.3, 0.4) is 0 Å². The topological polar surface area (TPSA) is 99.7 Å². The molecule has 7 heteroatoms. The van der Waals surface area contributed by atoms with Gasteiger partial charge in [0.1, 0.15) is 0 Å². The molecule has 1 aromatic heterocycles. The summed E-state index contributed by atoms with van der Waals surface area (Å²) >= 11 is 0. The summed E-state index contributed by atoms with van der Waals surface area (Å²) in [5.41, 5.74) is 1.34. The molecule has 0 saturated carbocycles. The van der Waals surface area contributed by atoms with Crippen LogP contribution in [-0.4, -0.2) is 58.5 Å². The van der Waals surface area contributed by atoms with Crippen LogP contribution in [0.2, 0.25) is 0 Å². The third-order valence-corrected chi connectivity index (χ3v) is 3.93. The molecule has 24 heavy (non-hydrogen) atoms. The first-order valence-corrected chi connectivity index (χ1v) is 7.47. The van der Waals surface area contributed by atoms with Gasteiger partial charge in [-0.05, 0) is 18.2 Å². The minimum absolute atomic E-state index is 0.0227. The number of hydrogen-bond donors (Lipinski definition) is 2. The Labute approximate surface area is 137 Å². The van der Waals surface area contributed by atoms with Crippen LogP contribution in [0.4, 0.5) is 0 Å². The first-order chi connectivity index (χ1) is 11.6. The molecule has 3 rings (SSSR count). The van der Waals surface area contributed by atoms with Crippen molar-refractivity contribution in [1.29, 1.82) is 0 Å². The molecule has 1 saturated heterocycles. The zero-order valence-electron chi connectivity index (χ0n) is 12.8. The van der Waals surface area contributed by atoms with Crippen LogP contribution in [0.1, 0.15) is 26.3 Å². The summed E-state index contributed by atoms with van der Waals surface area (Å²) in [6.45, 7) is 0.505.